The number of alkyl halides is 3. The Morgan fingerprint density at radius 3 is 2.40 bits per heavy atom. The molecule has 0 saturated heterocycles. The molecular formula is C9H8ClF3O2. The Labute approximate surface area is 89.2 Å². The van der Waals surface area contributed by atoms with Crippen LogP contribution in [0.2, 0.25) is 5.02 Å². The fraction of sp³-hybridized carbons (Fsp3) is 0.333. The first-order chi connectivity index (χ1) is 6.91. The van der Waals surface area contributed by atoms with Crippen LogP contribution in [0.15, 0.2) is 12.1 Å². The minimum Gasteiger partial charge on any atom is -0.496 e. The standard InChI is InChI=1S/C9H8ClF3O2/c1-15-7-3-2-6(10)8(5(7)4-14)9(11,12)13/h2-3,14H,4H2,1H3. The van der Waals surface area contributed by atoms with Gasteiger partial charge in [0, 0.05) is 5.56 Å². The Bertz CT molecular complexity index is 363. The molecule has 0 aromatic heterocycles. The fourth-order valence-corrected chi connectivity index (χ4v) is 1.54. The van der Waals surface area contributed by atoms with Crippen LogP contribution in [0.3, 0.4) is 0 Å². The topological polar surface area (TPSA) is 29.5 Å². The SMILES string of the molecule is COc1ccc(Cl)c(C(F)(F)F)c1CO. The van der Waals surface area contributed by atoms with E-state index in [0.29, 0.717) is 0 Å². The van der Waals surface area contributed by atoms with Crippen LogP contribution >= 0.6 is 11.6 Å². The van der Waals surface area contributed by atoms with Crippen molar-refractivity contribution in [1.82, 2.24) is 0 Å². The molecule has 2 nitrogen and oxygen atoms in total. The van der Waals surface area contributed by atoms with Crippen LogP contribution in [0.25, 0.3) is 0 Å². The summed E-state index contributed by atoms with van der Waals surface area (Å²) < 4.78 is 42.4. The summed E-state index contributed by atoms with van der Waals surface area (Å²) in [6, 6.07) is 2.37. The maximum absolute atomic E-state index is 12.6. The molecule has 84 valence electrons. The van der Waals surface area contributed by atoms with Crippen LogP contribution in [0.1, 0.15) is 11.1 Å². The van der Waals surface area contributed by atoms with Crippen LogP contribution in [-0.4, -0.2) is 12.2 Å². The van der Waals surface area contributed by atoms with E-state index in [1.165, 1.54) is 13.2 Å². The highest BCUT2D eigenvalue weighted by Gasteiger charge is 2.37. The molecule has 0 aliphatic carbocycles. The van der Waals surface area contributed by atoms with E-state index in [2.05, 4.69) is 0 Å². The zero-order valence-electron chi connectivity index (χ0n) is 7.73. The van der Waals surface area contributed by atoms with Crippen molar-refractivity contribution in [3.63, 3.8) is 0 Å². The van der Waals surface area contributed by atoms with Gasteiger partial charge in [0.2, 0.25) is 0 Å². The van der Waals surface area contributed by atoms with Gasteiger partial charge < -0.3 is 9.84 Å². The second-order valence-corrected chi connectivity index (χ2v) is 3.17. The van der Waals surface area contributed by atoms with Crippen molar-refractivity contribution in [2.24, 2.45) is 0 Å². The molecule has 0 fully saturated rings. The molecule has 0 spiro atoms. The van der Waals surface area contributed by atoms with Gasteiger partial charge in [-0.25, -0.2) is 0 Å². The second-order valence-electron chi connectivity index (χ2n) is 2.76. The molecule has 0 amide bonds. The lowest BCUT2D eigenvalue weighted by Crippen LogP contribution is -2.11. The summed E-state index contributed by atoms with van der Waals surface area (Å²) in [4.78, 5) is 0. The molecule has 0 radical (unpaired) electrons. The predicted molar refractivity (Wildman–Crippen MR) is 48.9 cm³/mol. The molecule has 0 bridgehead atoms. The molecule has 0 atom stereocenters. The van der Waals surface area contributed by atoms with Gasteiger partial charge in [-0.15, -0.1) is 0 Å². The first kappa shape index (κ1) is 12.1. The number of benzene rings is 1. The van der Waals surface area contributed by atoms with E-state index >= 15 is 0 Å². The highest BCUT2D eigenvalue weighted by Crippen LogP contribution is 2.40. The average Bonchev–Trinajstić information content (AvgIpc) is 2.15. The van der Waals surface area contributed by atoms with Crippen LogP contribution in [0, 0.1) is 0 Å². The summed E-state index contributed by atoms with van der Waals surface area (Å²) in [5.41, 5.74) is -1.40. The number of aliphatic hydroxyl groups excluding tert-OH is 1. The smallest absolute Gasteiger partial charge is 0.418 e. The molecule has 1 N–H and O–H groups in total. The van der Waals surface area contributed by atoms with Crippen LogP contribution in [0.4, 0.5) is 13.2 Å². The van der Waals surface area contributed by atoms with Gasteiger partial charge in [-0.05, 0) is 12.1 Å². The van der Waals surface area contributed by atoms with Crippen molar-refractivity contribution >= 4 is 11.6 Å². The first-order valence-electron chi connectivity index (χ1n) is 3.95. The Hall–Kier alpha value is -0.940. The molecule has 0 aliphatic heterocycles. The lowest BCUT2D eigenvalue weighted by atomic mass is 10.1. The average molecular weight is 241 g/mol. The summed E-state index contributed by atoms with van der Waals surface area (Å²) in [5.74, 6) is -0.0331. The van der Waals surface area contributed by atoms with E-state index in [9.17, 15) is 13.2 Å². The van der Waals surface area contributed by atoms with Crippen LogP contribution < -0.4 is 4.74 Å². The normalized spacial score (nSPS) is 11.6. The monoisotopic (exact) mass is 240 g/mol. The van der Waals surface area contributed by atoms with E-state index in [4.69, 9.17) is 21.4 Å². The summed E-state index contributed by atoms with van der Waals surface area (Å²) in [6.45, 7) is -0.779. The number of hydrogen-bond acceptors (Lipinski definition) is 2. The number of rotatable bonds is 2. The third kappa shape index (κ3) is 2.35. The van der Waals surface area contributed by atoms with Gasteiger partial charge in [0.1, 0.15) is 5.75 Å². The fourth-order valence-electron chi connectivity index (χ4n) is 1.25. The molecule has 1 aromatic rings. The molecule has 0 heterocycles. The molecular weight excluding hydrogens is 233 g/mol. The Morgan fingerprint density at radius 1 is 1.40 bits per heavy atom. The van der Waals surface area contributed by atoms with Crippen molar-refractivity contribution in [2.45, 2.75) is 12.8 Å². The lowest BCUT2D eigenvalue weighted by Gasteiger charge is -2.15. The summed E-state index contributed by atoms with van der Waals surface area (Å²) in [6.07, 6.45) is -4.61. The minimum atomic E-state index is -4.61. The van der Waals surface area contributed by atoms with E-state index < -0.39 is 23.4 Å². The van der Waals surface area contributed by atoms with Crippen LogP contribution in [0.5, 0.6) is 5.75 Å². The van der Waals surface area contributed by atoms with Crippen molar-refractivity contribution in [1.29, 1.82) is 0 Å². The molecule has 1 rings (SSSR count). The van der Waals surface area contributed by atoms with Crippen LogP contribution in [-0.2, 0) is 12.8 Å². The van der Waals surface area contributed by atoms with Crippen molar-refractivity contribution < 1.29 is 23.0 Å². The van der Waals surface area contributed by atoms with Gasteiger partial charge in [0.15, 0.2) is 0 Å². The second kappa shape index (κ2) is 4.28. The van der Waals surface area contributed by atoms with Gasteiger partial charge in [-0.2, -0.15) is 13.2 Å². The van der Waals surface area contributed by atoms with Gasteiger partial charge in [0.05, 0.1) is 24.3 Å². The quantitative estimate of drug-likeness (QED) is 0.861. The van der Waals surface area contributed by atoms with E-state index in [1.54, 1.807) is 0 Å². The molecule has 0 aliphatic rings. The maximum Gasteiger partial charge on any atom is 0.418 e. The Kier molecular flexibility index (Phi) is 3.46. The van der Waals surface area contributed by atoms with E-state index in [1.807, 2.05) is 0 Å². The number of hydrogen-bond donors (Lipinski definition) is 1. The predicted octanol–water partition coefficient (Wildman–Crippen LogP) is 2.86. The highest BCUT2D eigenvalue weighted by molar-refractivity contribution is 6.31. The molecule has 0 unspecified atom stereocenters. The molecule has 15 heavy (non-hydrogen) atoms. The summed E-state index contributed by atoms with van der Waals surface area (Å²) >= 11 is 5.44. The van der Waals surface area contributed by atoms with Gasteiger partial charge >= 0.3 is 6.18 Å². The first-order valence-corrected chi connectivity index (χ1v) is 4.33. The Balaban J connectivity index is 3.46. The zero-order valence-corrected chi connectivity index (χ0v) is 8.49. The minimum absolute atomic E-state index is 0.0331. The molecule has 6 heteroatoms. The highest BCUT2D eigenvalue weighted by atomic mass is 35.5. The van der Waals surface area contributed by atoms with Crippen molar-refractivity contribution in [3.8, 4) is 5.75 Å². The van der Waals surface area contributed by atoms with Gasteiger partial charge in [-0.1, -0.05) is 11.6 Å². The lowest BCUT2D eigenvalue weighted by molar-refractivity contribution is -0.138. The molecule has 1 aromatic carbocycles. The van der Waals surface area contributed by atoms with Gasteiger partial charge in [-0.3, -0.25) is 0 Å². The number of aliphatic hydroxyl groups is 1. The number of ether oxygens (including phenoxy) is 1. The third-order valence-corrected chi connectivity index (χ3v) is 2.20. The zero-order chi connectivity index (χ0) is 11.6. The van der Waals surface area contributed by atoms with E-state index in [0.717, 1.165) is 6.07 Å². The number of halogens is 4. The van der Waals surface area contributed by atoms with Crippen molar-refractivity contribution in [3.05, 3.63) is 28.3 Å². The third-order valence-electron chi connectivity index (χ3n) is 1.88. The number of methoxy groups -OCH3 is 1. The summed E-state index contributed by atoms with van der Waals surface area (Å²) in [5, 5.41) is 8.43. The van der Waals surface area contributed by atoms with E-state index in [-0.39, 0.29) is 11.3 Å². The largest absolute Gasteiger partial charge is 0.496 e. The van der Waals surface area contributed by atoms with Crippen molar-refractivity contribution in [2.75, 3.05) is 7.11 Å². The van der Waals surface area contributed by atoms with Gasteiger partial charge in [0.25, 0.3) is 0 Å². The molecule has 0 saturated carbocycles. The maximum atomic E-state index is 12.6. The Morgan fingerprint density at radius 2 is 2.00 bits per heavy atom. The summed E-state index contributed by atoms with van der Waals surface area (Å²) in [7, 11) is 1.22.